The largest absolute Gasteiger partial charge is 0.481 e. The van der Waals surface area contributed by atoms with Gasteiger partial charge in [0.15, 0.2) is 0 Å². The van der Waals surface area contributed by atoms with E-state index in [0.29, 0.717) is 13.1 Å². The van der Waals surface area contributed by atoms with E-state index >= 15 is 0 Å². The highest BCUT2D eigenvalue weighted by atomic mass is 16.5. The second-order valence-corrected chi connectivity index (χ2v) is 4.61. The fourth-order valence-corrected chi connectivity index (χ4v) is 2.33. The van der Waals surface area contributed by atoms with Crippen LogP contribution in [0.1, 0.15) is 12.8 Å². The van der Waals surface area contributed by atoms with Crippen molar-refractivity contribution in [3.8, 4) is 0 Å². The van der Waals surface area contributed by atoms with E-state index in [-0.39, 0.29) is 43.4 Å². The topological polar surface area (TPSA) is 87.2 Å². The van der Waals surface area contributed by atoms with Crippen molar-refractivity contribution in [2.24, 2.45) is 0 Å². The summed E-state index contributed by atoms with van der Waals surface area (Å²) in [7, 11) is 1.70. The number of fused-ring (bicyclic) bond motifs is 1. The van der Waals surface area contributed by atoms with Gasteiger partial charge in [-0.25, -0.2) is 0 Å². The van der Waals surface area contributed by atoms with Gasteiger partial charge in [0.1, 0.15) is 6.61 Å². The van der Waals surface area contributed by atoms with E-state index in [0.717, 1.165) is 0 Å². The fraction of sp³-hybridized carbons (Fsp3) is 0.727. The van der Waals surface area contributed by atoms with Gasteiger partial charge >= 0.3 is 5.97 Å². The lowest BCUT2D eigenvalue weighted by atomic mass is 10.1. The molecule has 0 saturated carbocycles. The van der Waals surface area contributed by atoms with Crippen LogP contribution in [0.5, 0.6) is 0 Å². The predicted octanol–water partition coefficient (Wildman–Crippen LogP) is -1.08. The normalized spacial score (nSPS) is 27.3. The van der Waals surface area contributed by atoms with Crippen LogP contribution < -0.4 is 0 Å². The minimum atomic E-state index is -0.983. The molecule has 0 aromatic carbocycles. The number of likely N-dealkylation sites (tertiary alicyclic amines) is 1. The number of carboxylic acid groups (broad SMARTS) is 1. The Hall–Kier alpha value is -1.63. The molecule has 0 aromatic heterocycles. The zero-order valence-corrected chi connectivity index (χ0v) is 10.2. The van der Waals surface area contributed by atoms with Crippen molar-refractivity contribution in [2.75, 3.05) is 26.7 Å². The predicted molar refractivity (Wildman–Crippen MR) is 59.7 cm³/mol. The second kappa shape index (κ2) is 4.93. The molecule has 0 aromatic rings. The van der Waals surface area contributed by atoms with Gasteiger partial charge in [-0.05, 0) is 0 Å². The first-order chi connectivity index (χ1) is 8.49. The van der Waals surface area contributed by atoms with Gasteiger partial charge in [0.25, 0.3) is 0 Å². The first kappa shape index (κ1) is 12.8. The molecule has 7 nitrogen and oxygen atoms in total. The third-order valence-corrected chi connectivity index (χ3v) is 3.45. The Morgan fingerprint density at radius 1 is 1.39 bits per heavy atom. The SMILES string of the molecule is CN1C(=O)CO[C@H]2CN(C(=O)CCC(=O)O)C[C@H]21. The molecule has 1 N–H and O–H groups in total. The molecule has 2 saturated heterocycles. The zero-order valence-electron chi connectivity index (χ0n) is 10.2. The summed E-state index contributed by atoms with van der Waals surface area (Å²) in [6, 6.07) is -0.111. The Labute approximate surface area is 104 Å². The minimum Gasteiger partial charge on any atom is -0.481 e. The molecule has 2 aliphatic rings. The smallest absolute Gasteiger partial charge is 0.303 e. The highest BCUT2D eigenvalue weighted by molar-refractivity contribution is 5.82. The number of nitrogens with zero attached hydrogens (tertiary/aromatic N) is 2. The molecule has 2 aliphatic heterocycles. The van der Waals surface area contributed by atoms with Gasteiger partial charge in [0.05, 0.1) is 18.6 Å². The summed E-state index contributed by atoms with van der Waals surface area (Å²) in [5.41, 5.74) is 0. The number of morpholine rings is 1. The van der Waals surface area contributed by atoms with Gasteiger partial charge < -0.3 is 19.6 Å². The molecule has 0 bridgehead atoms. The van der Waals surface area contributed by atoms with E-state index in [1.807, 2.05) is 0 Å². The molecule has 7 heteroatoms. The molecule has 100 valence electrons. The van der Waals surface area contributed by atoms with Crippen molar-refractivity contribution in [3.63, 3.8) is 0 Å². The summed E-state index contributed by atoms with van der Waals surface area (Å²) in [5.74, 6) is -1.27. The molecule has 2 fully saturated rings. The maximum Gasteiger partial charge on any atom is 0.303 e. The minimum absolute atomic E-state index is 0.00751. The van der Waals surface area contributed by atoms with E-state index in [9.17, 15) is 14.4 Å². The number of amides is 2. The molecule has 2 heterocycles. The van der Waals surface area contributed by atoms with Crippen LogP contribution in [-0.4, -0.2) is 71.6 Å². The first-order valence-corrected chi connectivity index (χ1v) is 5.86. The summed E-state index contributed by atoms with van der Waals surface area (Å²) in [4.78, 5) is 36.8. The van der Waals surface area contributed by atoms with Gasteiger partial charge in [-0.2, -0.15) is 0 Å². The number of carboxylic acids is 1. The van der Waals surface area contributed by atoms with Gasteiger partial charge in [0, 0.05) is 26.6 Å². The van der Waals surface area contributed by atoms with E-state index in [1.54, 1.807) is 16.8 Å². The average molecular weight is 256 g/mol. The Morgan fingerprint density at radius 2 is 2.11 bits per heavy atom. The quantitative estimate of drug-likeness (QED) is 0.694. The maximum absolute atomic E-state index is 11.8. The number of ether oxygens (including phenoxy) is 1. The van der Waals surface area contributed by atoms with Crippen LogP contribution in [-0.2, 0) is 19.1 Å². The summed E-state index contributed by atoms with van der Waals surface area (Å²) in [5, 5.41) is 8.54. The third-order valence-electron chi connectivity index (χ3n) is 3.45. The van der Waals surface area contributed by atoms with Gasteiger partial charge in [-0.3, -0.25) is 14.4 Å². The van der Waals surface area contributed by atoms with Crippen molar-refractivity contribution in [1.29, 1.82) is 0 Å². The van der Waals surface area contributed by atoms with Gasteiger partial charge in [-0.15, -0.1) is 0 Å². The van der Waals surface area contributed by atoms with Crippen molar-refractivity contribution in [1.82, 2.24) is 9.80 Å². The molecule has 0 spiro atoms. The Kier molecular flexibility index (Phi) is 3.51. The maximum atomic E-state index is 11.8. The van der Waals surface area contributed by atoms with Crippen molar-refractivity contribution in [3.05, 3.63) is 0 Å². The average Bonchev–Trinajstić information content (AvgIpc) is 2.75. The first-order valence-electron chi connectivity index (χ1n) is 5.86. The number of carbonyl (C=O) groups excluding carboxylic acids is 2. The molecular weight excluding hydrogens is 240 g/mol. The molecule has 2 amide bonds. The highest BCUT2D eigenvalue weighted by Gasteiger charge is 2.42. The lowest BCUT2D eigenvalue weighted by molar-refractivity contribution is -0.150. The van der Waals surface area contributed by atoms with Crippen LogP contribution >= 0.6 is 0 Å². The lowest BCUT2D eigenvalue weighted by Crippen LogP contribution is -2.51. The van der Waals surface area contributed by atoms with E-state index in [4.69, 9.17) is 9.84 Å². The monoisotopic (exact) mass is 256 g/mol. The highest BCUT2D eigenvalue weighted by Crippen LogP contribution is 2.22. The molecule has 2 rings (SSSR count). The van der Waals surface area contributed by atoms with Crippen molar-refractivity contribution >= 4 is 17.8 Å². The van der Waals surface area contributed by atoms with Crippen LogP contribution in [0.25, 0.3) is 0 Å². The van der Waals surface area contributed by atoms with Crippen LogP contribution in [0.15, 0.2) is 0 Å². The van der Waals surface area contributed by atoms with Crippen LogP contribution in [0.3, 0.4) is 0 Å². The molecular formula is C11H16N2O5. The van der Waals surface area contributed by atoms with Crippen LogP contribution in [0, 0.1) is 0 Å². The zero-order chi connectivity index (χ0) is 13.3. The number of carbonyl (C=O) groups is 3. The summed E-state index contributed by atoms with van der Waals surface area (Å²) in [6.07, 6.45) is -0.325. The molecule has 0 radical (unpaired) electrons. The number of rotatable bonds is 3. The van der Waals surface area contributed by atoms with Crippen LogP contribution in [0.2, 0.25) is 0 Å². The molecule has 0 aliphatic carbocycles. The number of aliphatic carboxylic acids is 1. The summed E-state index contributed by atoms with van der Waals surface area (Å²) >= 11 is 0. The second-order valence-electron chi connectivity index (χ2n) is 4.61. The standard InChI is InChI=1S/C11H16N2O5/c1-12-7-4-13(9(14)2-3-11(16)17)5-8(7)18-6-10(12)15/h7-8H,2-6H2,1H3,(H,16,17)/t7-,8+/m1/s1. The third kappa shape index (κ3) is 2.45. The lowest BCUT2D eigenvalue weighted by Gasteiger charge is -2.33. The van der Waals surface area contributed by atoms with E-state index in [1.165, 1.54) is 0 Å². The van der Waals surface area contributed by atoms with Gasteiger partial charge in [0.2, 0.25) is 11.8 Å². The van der Waals surface area contributed by atoms with Crippen molar-refractivity contribution < 1.29 is 24.2 Å². The summed E-state index contributed by atoms with van der Waals surface area (Å²) in [6.45, 7) is 0.904. The molecule has 0 unspecified atom stereocenters. The number of hydrogen-bond donors (Lipinski definition) is 1. The Morgan fingerprint density at radius 3 is 2.78 bits per heavy atom. The van der Waals surface area contributed by atoms with E-state index in [2.05, 4.69) is 0 Å². The fourth-order valence-electron chi connectivity index (χ4n) is 2.33. The molecule has 18 heavy (non-hydrogen) atoms. The van der Waals surface area contributed by atoms with Gasteiger partial charge in [-0.1, -0.05) is 0 Å². The van der Waals surface area contributed by atoms with Crippen molar-refractivity contribution in [2.45, 2.75) is 25.0 Å². The summed E-state index contributed by atoms with van der Waals surface area (Å²) < 4.78 is 5.39. The number of hydrogen-bond acceptors (Lipinski definition) is 4. The molecule has 2 atom stereocenters. The van der Waals surface area contributed by atoms with Crippen LogP contribution in [0.4, 0.5) is 0 Å². The number of likely N-dealkylation sites (N-methyl/N-ethyl adjacent to an activating group) is 1. The Balaban J connectivity index is 1.93. The Bertz CT molecular complexity index is 384. The van der Waals surface area contributed by atoms with E-state index < -0.39 is 5.97 Å².